The lowest BCUT2D eigenvalue weighted by Gasteiger charge is -2.30. The van der Waals surface area contributed by atoms with Crippen molar-refractivity contribution in [1.29, 1.82) is 0 Å². The van der Waals surface area contributed by atoms with E-state index in [0.717, 1.165) is 32.5 Å². The van der Waals surface area contributed by atoms with Gasteiger partial charge in [0.2, 0.25) is 0 Å². The SMILES string of the molecule is CCC.CCC1(O)CCOCC1. The monoisotopic (exact) mass is 174 g/mol. The zero-order chi connectivity index (χ0) is 9.45. The summed E-state index contributed by atoms with van der Waals surface area (Å²) < 4.78 is 5.11. The van der Waals surface area contributed by atoms with Crippen molar-refractivity contribution in [2.75, 3.05) is 13.2 Å². The summed E-state index contributed by atoms with van der Waals surface area (Å²) in [6, 6.07) is 0. The summed E-state index contributed by atoms with van der Waals surface area (Å²) in [5.41, 5.74) is -0.405. The minimum Gasteiger partial charge on any atom is -0.390 e. The van der Waals surface area contributed by atoms with E-state index in [-0.39, 0.29) is 0 Å². The smallest absolute Gasteiger partial charge is 0.0689 e. The molecule has 0 aromatic rings. The van der Waals surface area contributed by atoms with Crippen LogP contribution >= 0.6 is 0 Å². The first-order valence-electron chi connectivity index (χ1n) is 4.98. The lowest BCUT2D eigenvalue weighted by atomic mass is 9.92. The van der Waals surface area contributed by atoms with Gasteiger partial charge in [0.15, 0.2) is 0 Å². The van der Waals surface area contributed by atoms with Crippen molar-refractivity contribution >= 4 is 0 Å². The van der Waals surface area contributed by atoms with Gasteiger partial charge in [0.25, 0.3) is 0 Å². The molecule has 0 radical (unpaired) electrons. The predicted octanol–water partition coefficient (Wildman–Crippen LogP) is 2.35. The highest BCUT2D eigenvalue weighted by Gasteiger charge is 2.26. The summed E-state index contributed by atoms with van der Waals surface area (Å²) in [6.07, 6.45) is 3.73. The third-order valence-corrected chi connectivity index (χ3v) is 2.08. The summed E-state index contributed by atoms with van der Waals surface area (Å²) >= 11 is 0. The molecule has 2 nitrogen and oxygen atoms in total. The van der Waals surface area contributed by atoms with Gasteiger partial charge in [0.1, 0.15) is 0 Å². The van der Waals surface area contributed by atoms with Crippen LogP contribution in [0.2, 0.25) is 0 Å². The normalized spacial score (nSPS) is 21.0. The van der Waals surface area contributed by atoms with E-state index in [1.807, 2.05) is 6.92 Å². The van der Waals surface area contributed by atoms with Crippen molar-refractivity contribution < 1.29 is 9.84 Å². The lowest BCUT2D eigenvalue weighted by Crippen LogP contribution is -2.35. The molecule has 0 aromatic carbocycles. The van der Waals surface area contributed by atoms with Gasteiger partial charge < -0.3 is 9.84 Å². The van der Waals surface area contributed by atoms with Crippen LogP contribution in [0.4, 0.5) is 0 Å². The topological polar surface area (TPSA) is 29.5 Å². The molecule has 1 fully saturated rings. The van der Waals surface area contributed by atoms with E-state index in [4.69, 9.17) is 4.74 Å². The molecule has 0 aromatic heterocycles. The van der Waals surface area contributed by atoms with E-state index in [2.05, 4.69) is 13.8 Å². The maximum absolute atomic E-state index is 9.60. The van der Waals surface area contributed by atoms with E-state index in [1.165, 1.54) is 6.42 Å². The largest absolute Gasteiger partial charge is 0.390 e. The Labute approximate surface area is 75.9 Å². The third kappa shape index (κ3) is 4.73. The molecule has 12 heavy (non-hydrogen) atoms. The molecule has 0 aliphatic carbocycles. The highest BCUT2D eigenvalue weighted by atomic mass is 16.5. The maximum Gasteiger partial charge on any atom is 0.0689 e. The van der Waals surface area contributed by atoms with Crippen LogP contribution in [0.1, 0.15) is 46.5 Å². The number of hydrogen-bond donors (Lipinski definition) is 1. The Morgan fingerprint density at radius 2 is 1.58 bits per heavy atom. The first kappa shape index (κ1) is 11.9. The molecule has 1 saturated heterocycles. The van der Waals surface area contributed by atoms with Gasteiger partial charge in [-0.25, -0.2) is 0 Å². The molecule has 1 aliphatic heterocycles. The molecule has 74 valence electrons. The second-order valence-electron chi connectivity index (χ2n) is 3.40. The average molecular weight is 174 g/mol. The van der Waals surface area contributed by atoms with Gasteiger partial charge in [-0.2, -0.15) is 0 Å². The molecular weight excluding hydrogens is 152 g/mol. The fourth-order valence-electron chi connectivity index (χ4n) is 1.10. The Kier molecular flexibility index (Phi) is 6.39. The Balaban J connectivity index is 0.000000354. The molecule has 1 aliphatic rings. The average Bonchev–Trinajstić information content (AvgIpc) is 2.07. The van der Waals surface area contributed by atoms with Crippen molar-refractivity contribution in [3.05, 3.63) is 0 Å². The number of hydrogen-bond acceptors (Lipinski definition) is 2. The Hall–Kier alpha value is -0.0800. The molecule has 1 rings (SSSR count). The summed E-state index contributed by atoms with van der Waals surface area (Å²) in [5, 5.41) is 9.60. The van der Waals surface area contributed by atoms with Gasteiger partial charge in [-0.1, -0.05) is 27.2 Å². The van der Waals surface area contributed by atoms with E-state index < -0.39 is 5.60 Å². The minimum atomic E-state index is -0.405. The molecule has 1 N–H and O–H groups in total. The first-order valence-corrected chi connectivity index (χ1v) is 4.98. The first-order chi connectivity index (χ1) is 5.68. The molecule has 0 bridgehead atoms. The highest BCUT2D eigenvalue weighted by Crippen LogP contribution is 2.22. The molecule has 2 heteroatoms. The summed E-state index contributed by atoms with van der Waals surface area (Å²) in [4.78, 5) is 0. The third-order valence-electron chi connectivity index (χ3n) is 2.08. The molecule has 0 saturated carbocycles. The second-order valence-corrected chi connectivity index (χ2v) is 3.40. The van der Waals surface area contributed by atoms with Gasteiger partial charge in [-0.15, -0.1) is 0 Å². The van der Waals surface area contributed by atoms with Crippen LogP contribution < -0.4 is 0 Å². The van der Waals surface area contributed by atoms with Crippen LogP contribution in [0.5, 0.6) is 0 Å². The van der Waals surface area contributed by atoms with E-state index in [1.54, 1.807) is 0 Å². The quantitative estimate of drug-likeness (QED) is 0.661. The standard InChI is InChI=1S/C7H14O2.C3H8/c1-2-7(8)3-5-9-6-4-7;1-3-2/h8H,2-6H2,1H3;3H2,1-2H3. The van der Waals surface area contributed by atoms with Gasteiger partial charge in [-0.3, -0.25) is 0 Å². The fraction of sp³-hybridized carbons (Fsp3) is 1.00. The number of rotatable bonds is 1. The van der Waals surface area contributed by atoms with Gasteiger partial charge in [-0.05, 0) is 19.3 Å². The number of aliphatic hydroxyl groups is 1. The van der Waals surface area contributed by atoms with Crippen LogP contribution in [0, 0.1) is 0 Å². The van der Waals surface area contributed by atoms with E-state index >= 15 is 0 Å². The van der Waals surface area contributed by atoms with Gasteiger partial charge in [0.05, 0.1) is 5.60 Å². The molecule has 0 unspecified atom stereocenters. The molecular formula is C10H22O2. The Morgan fingerprint density at radius 1 is 1.17 bits per heavy atom. The van der Waals surface area contributed by atoms with Crippen molar-refractivity contribution in [1.82, 2.24) is 0 Å². The van der Waals surface area contributed by atoms with Gasteiger partial charge >= 0.3 is 0 Å². The maximum atomic E-state index is 9.60. The molecule has 0 atom stereocenters. The lowest BCUT2D eigenvalue weighted by molar-refractivity contribution is -0.0650. The fourth-order valence-corrected chi connectivity index (χ4v) is 1.10. The molecule has 0 spiro atoms. The van der Waals surface area contributed by atoms with Crippen molar-refractivity contribution in [3.63, 3.8) is 0 Å². The van der Waals surface area contributed by atoms with Crippen LogP contribution in [0.3, 0.4) is 0 Å². The zero-order valence-electron chi connectivity index (χ0n) is 8.60. The van der Waals surface area contributed by atoms with Crippen LogP contribution in [-0.2, 0) is 4.74 Å². The number of ether oxygens (including phenoxy) is 1. The van der Waals surface area contributed by atoms with Gasteiger partial charge in [0, 0.05) is 13.2 Å². The Morgan fingerprint density at radius 3 is 1.83 bits per heavy atom. The molecule has 1 heterocycles. The minimum absolute atomic E-state index is 0.405. The van der Waals surface area contributed by atoms with Crippen molar-refractivity contribution in [2.45, 2.75) is 52.1 Å². The summed E-state index contributed by atoms with van der Waals surface area (Å²) in [7, 11) is 0. The highest BCUT2D eigenvalue weighted by molar-refractivity contribution is 4.78. The van der Waals surface area contributed by atoms with E-state index in [9.17, 15) is 5.11 Å². The van der Waals surface area contributed by atoms with E-state index in [0.29, 0.717) is 0 Å². The summed E-state index contributed by atoms with van der Waals surface area (Å²) in [5.74, 6) is 0. The second kappa shape index (κ2) is 6.44. The van der Waals surface area contributed by atoms with Crippen LogP contribution in [-0.4, -0.2) is 23.9 Å². The van der Waals surface area contributed by atoms with Crippen LogP contribution in [0.25, 0.3) is 0 Å². The molecule has 0 amide bonds. The van der Waals surface area contributed by atoms with Crippen LogP contribution in [0.15, 0.2) is 0 Å². The predicted molar refractivity (Wildman–Crippen MR) is 51.3 cm³/mol. The zero-order valence-corrected chi connectivity index (χ0v) is 8.60. The Bertz CT molecular complexity index is 96.0. The van der Waals surface area contributed by atoms with Crippen molar-refractivity contribution in [3.8, 4) is 0 Å². The van der Waals surface area contributed by atoms with Crippen molar-refractivity contribution in [2.24, 2.45) is 0 Å². The summed E-state index contributed by atoms with van der Waals surface area (Å²) in [6.45, 7) is 7.72.